The van der Waals surface area contributed by atoms with Crippen molar-refractivity contribution in [3.63, 3.8) is 0 Å². The summed E-state index contributed by atoms with van der Waals surface area (Å²) in [7, 11) is 0. The Morgan fingerprint density at radius 3 is 3.12 bits per heavy atom. The number of carbonyl (C=O) groups is 1. The number of primary amides is 1. The van der Waals surface area contributed by atoms with Gasteiger partial charge in [0.15, 0.2) is 0 Å². The maximum absolute atomic E-state index is 11.5. The summed E-state index contributed by atoms with van der Waals surface area (Å²) in [6.07, 6.45) is 3.82. The Morgan fingerprint density at radius 2 is 2.44 bits per heavy atom. The number of rotatable bonds is 4. The van der Waals surface area contributed by atoms with Crippen molar-refractivity contribution in [1.82, 2.24) is 0 Å². The normalized spacial score (nSPS) is 14.8. The molecule has 0 aromatic carbocycles. The quantitative estimate of drug-likeness (QED) is 0.895. The fourth-order valence-corrected chi connectivity index (χ4v) is 3.78. The second kappa shape index (κ2) is 5.21. The van der Waals surface area contributed by atoms with Crippen molar-refractivity contribution in [1.29, 1.82) is 0 Å². The maximum atomic E-state index is 11.5. The molecule has 2 heterocycles. The zero-order valence-electron chi connectivity index (χ0n) is 9.25. The minimum atomic E-state index is -0.282. The number of hydrogen-bond donors (Lipinski definition) is 1. The van der Waals surface area contributed by atoms with Gasteiger partial charge in [0, 0.05) is 9.75 Å². The molecule has 1 aliphatic heterocycles. The Balaban J connectivity index is 2.35. The molecule has 1 aromatic heterocycles. The van der Waals surface area contributed by atoms with Crippen LogP contribution in [0, 0.1) is 0 Å². The number of amides is 1. The van der Waals surface area contributed by atoms with Gasteiger partial charge in [-0.1, -0.05) is 0 Å². The summed E-state index contributed by atoms with van der Waals surface area (Å²) in [5.74, 6) is 0.746. The van der Waals surface area contributed by atoms with Crippen LogP contribution in [-0.4, -0.2) is 24.5 Å². The molecular weight excluding hydrogens is 242 g/mol. The van der Waals surface area contributed by atoms with Gasteiger partial charge in [0.1, 0.15) is 0 Å². The van der Waals surface area contributed by atoms with E-state index in [1.54, 1.807) is 23.1 Å². The van der Waals surface area contributed by atoms with Crippen LogP contribution in [0.4, 0.5) is 0 Å². The first-order valence-corrected chi connectivity index (χ1v) is 7.45. The summed E-state index contributed by atoms with van der Waals surface area (Å²) >= 11 is 3.48. The number of ether oxygens (including phenoxy) is 1. The summed E-state index contributed by atoms with van der Waals surface area (Å²) < 4.78 is 5.40. The number of thioether (sulfide) groups is 1. The molecule has 5 heteroatoms. The van der Waals surface area contributed by atoms with Crippen LogP contribution in [0.5, 0.6) is 0 Å². The van der Waals surface area contributed by atoms with Crippen LogP contribution in [0.15, 0.2) is 0 Å². The van der Waals surface area contributed by atoms with Crippen molar-refractivity contribution in [2.45, 2.75) is 19.4 Å². The van der Waals surface area contributed by atoms with E-state index >= 15 is 0 Å². The highest BCUT2D eigenvalue weighted by atomic mass is 32.2. The highest BCUT2D eigenvalue weighted by Gasteiger charge is 2.23. The van der Waals surface area contributed by atoms with E-state index in [0.717, 1.165) is 34.6 Å². The summed E-state index contributed by atoms with van der Waals surface area (Å²) in [6, 6.07) is 0. The SMILES string of the molecule is CSCCc1sc2c(c1C(N)=O)CCOC2. The molecule has 0 spiro atoms. The average molecular weight is 257 g/mol. The van der Waals surface area contributed by atoms with Gasteiger partial charge in [-0.05, 0) is 30.4 Å². The zero-order valence-corrected chi connectivity index (χ0v) is 10.9. The number of carbonyl (C=O) groups excluding carboxylic acids is 1. The third-order valence-electron chi connectivity index (χ3n) is 2.67. The van der Waals surface area contributed by atoms with Crippen molar-refractivity contribution >= 4 is 29.0 Å². The Morgan fingerprint density at radius 1 is 1.62 bits per heavy atom. The standard InChI is InChI=1S/C11H15NO2S2/c1-15-5-3-8-10(11(12)13)7-2-4-14-6-9(7)16-8/h2-6H2,1H3,(H2,12,13). The summed E-state index contributed by atoms with van der Waals surface area (Å²) in [5, 5.41) is 0. The largest absolute Gasteiger partial charge is 0.376 e. The molecule has 3 nitrogen and oxygen atoms in total. The van der Waals surface area contributed by atoms with Crippen molar-refractivity contribution in [3.05, 3.63) is 20.9 Å². The first-order chi connectivity index (χ1) is 7.74. The van der Waals surface area contributed by atoms with Crippen LogP contribution in [0.1, 0.15) is 25.7 Å². The molecule has 1 aromatic rings. The molecule has 0 saturated heterocycles. The van der Waals surface area contributed by atoms with Gasteiger partial charge in [-0.25, -0.2) is 0 Å². The van der Waals surface area contributed by atoms with E-state index in [1.807, 2.05) is 0 Å². The first kappa shape index (κ1) is 12.0. The van der Waals surface area contributed by atoms with Crippen LogP contribution in [0.3, 0.4) is 0 Å². The molecule has 1 amide bonds. The fraction of sp³-hybridized carbons (Fsp3) is 0.545. The molecular formula is C11H15NO2S2. The van der Waals surface area contributed by atoms with Gasteiger partial charge in [0.05, 0.1) is 18.8 Å². The third-order valence-corrected chi connectivity index (χ3v) is 4.55. The van der Waals surface area contributed by atoms with Crippen LogP contribution in [-0.2, 0) is 24.2 Å². The van der Waals surface area contributed by atoms with Crippen molar-refractivity contribution in [2.24, 2.45) is 5.73 Å². The lowest BCUT2D eigenvalue weighted by atomic mass is 10.0. The van der Waals surface area contributed by atoms with Gasteiger partial charge < -0.3 is 10.5 Å². The van der Waals surface area contributed by atoms with Crippen molar-refractivity contribution in [3.8, 4) is 0 Å². The third kappa shape index (κ3) is 2.26. The molecule has 16 heavy (non-hydrogen) atoms. The Labute approximate surface area is 103 Å². The van der Waals surface area contributed by atoms with E-state index in [-0.39, 0.29) is 5.91 Å². The predicted molar refractivity (Wildman–Crippen MR) is 68.3 cm³/mol. The number of nitrogens with two attached hydrogens (primary N) is 1. The van der Waals surface area contributed by atoms with Gasteiger partial charge in [-0.2, -0.15) is 11.8 Å². The smallest absolute Gasteiger partial charge is 0.250 e. The Bertz CT molecular complexity index is 401. The monoisotopic (exact) mass is 257 g/mol. The van der Waals surface area contributed by atoms with E-state index in [9.17, 15) is 4.79 Å². The molecule has 0 atom stereocenters. The van der Waals surface area contributed by atoms with E-state index in [1.165, 1.54) is 4.88 Å². The second-order valence-corrected chi connectivity index (χ2v) is 5.89. The molecule has 0 saturated carbocycles. The molecule has 88 valence electrons. The number of fused-ring (bicyclic) bond motifs is 1. The van der Waals surface area contributed by atoms with Gasteiger partial charge >= 0.3 is 0 Å². The number of thiophene rings is 1. The molecule has 2 N–H and O–H groups in total. The van der Waals surface area contributed by atoms with Gasteiger partial charge in [0.25, 0.3) is 0 Å². The summed E-state index contributed by atoms with van der Waals surface area (Å²) in [4.78, 5) is 13.8. The van der Waals surface area contributed by atoms with E-state index < -0.39 is 0 Å². The minimum absolute atomic E-state index is 0.282. The minimum Gasteiger partial charge on any atom is -0.376 e. The molecule has 0 radical (unpaired) electrons. The molecule has 0 unspecified atom stereocenters. The topological polar surface area (TPSA) is 52.3 Å². The lowest BCUT2D eigenvalue weighted by Gasteiger charge is -2.12. The van der Waals surface area contributed by atoms with Gasteiger partial charge in [-0.3, -0.25) is 4.79 Å². The molecule has 1 aliphatic rings. The van der Waals surface area contributed by atoms with Crippen molar-refractivity contribution < 1.29 is 9.53 Å². The molecule has 0 fully saturated rings. The van der Waals surface area contributed by atoms with Crippen molar-refractivity contribution in [2.75, 3.05) is 18.6 Å². The van der Waals surface area contributed by atoms with E-state index in [4.69, 9.17) is 10.5 Å². The van der Waals surface area contributed by atoms with Gasteiger partial charge in [-0.15, -0.1) is 11.3 Å². The molecule has 0 aliphatic carbocycles. The highest BCUT2D eigenvalue weighted by Crippen LogP contribution is 2.32. The van der Waals surface area contributed by atoms with Crippen LogP contribution in [0.2, 0.25) is 0 Å². The zero-order chi connectivity index (χ0) is 11.5. The van der Waals surface area contributed by atoms with Crippen LogP contribution >= 0.6 is 23.1 Å². The fourth-order valence-electron chi connectivity index (χ4n) is 1.95. The Kier molecular flexibility index (Phi) is 3.89. The Hall–Kier alpha value is -0.520. The molecule has 2 rings (SSSR count). The maximum Gasteiger partial charge on any atom is 0.250 e. The first-order valence-electron chi connectivity index (χ1n) is 5.24. The average Bonchev–Trinajstić information content (AvgIpc) is 2.64. The lowest BCUT2D eigenvalue weighted by Crippen LogP contribution is -2.17. The van der Waals surface area contributed by atoms with Crippen LogP contribution in [0.25, 0.3) is 0 Å². The highest BCUT2D eigenvalue weighted by molar-refractivity contribution is 7.98. The van der Waals surface area contributed by atoms with Gasteiger partial charge in [0.2, 0.25) is 5.91 Å². The van der Waals surface area contributed by atoms with Crippen LogP contribution < -0.4 is 5.73 Å². The lowest BCUT2D eigenvalue weighted by molar-refractivity contribution is 0.0989. The summed E-state index contributed by atoms with van der Waals surface area (Å²) in [6.45, 7) is 1.34. The number of hydrogen-bond acceptors (Lipinski definition) is 4. The predicted octanol–water partition coefficient (Wildman–Crippen LogP) is 1.83. The van der Waals surface area contributed by atoms with E-state index in [0.29, 0.717) is 13.2 Å². The summed E-state index contributed by atoms with van der Waals surface area (Å²) in [5.41, 5.74) is 7.39. The molecule has 0 bridgehead atoms. The second-order valence-electron chi connectivity index (χ2n) is 3.71. The van der Waals surface area contributed by atoms with E-state index in [2.05, 4.69) is 6.26 Å². The number of aryl methyl sites for hydroxylation is 1.